The molecule has 35 heavy (non-hydrogen) atoms. The second-order valence-electron chi connectivity index (χ2n) is 9.49. The molecule has 0 unspecified atom stereocenters. The normalized spacial score (nSPS) is 16.0. The first-order valence-corrected chi connectivity index (χ1v) is 12.5. The van der Waals surface area contributed by atoms with Crippen LogP contribution in [0.2, 0.25) is 0 Å². The maximum atomic E-state index is 13.8. The molecule has 0 saturated heterocycles. The van der Waals surface area contributed by atoms with Gasteiger partial charge in [-0.2, -0.15) is 0 Å². The summed E-state index contributed by atoms with van der Waals surface area (Å²) in [5.74, 6) is -0.518. The van der Waals surface area contributed by atoms with Crippen LogP contribution < -0.4 is 10.2 Å². The van der Waals surface area contributed by atoms with Crippen LogP contribution in [0.5, 0.6) is 0 Å². The minimum atomic E-state index is -0.598. The number of anilines is 1. The number of carbonyl (C=O) groups excluding carboxylic acids is 3. The van der Waals surface area contributed by atoms with Crippen LogP contribution in [0.4, 0.5) is 5.69 Å². The van der Waals surface area contributed by atoms with Crippen molar-refractivity contribution >= 4 is 34.2 Å². The summed E-state index contributed by atoms with van der Waals surface area (Å²) in [7, 11) is 0. The van der Waals surface area contributed by atoms with Gasteiger partial charge >= 0.3 is 0 Å². The summed E-state index contributed by atoms with van der Waals surface area (Å²) in [4.78, 5) is 43.6. The van der Waals surface area contributed by atoms with Crippen molar-refractivity contribution in [2.45, 2.75) is 57.7 Å². The van der Waals surface area contributed by atoms with E-state index >= 15 is 0 Å². The Hall–Kier alpha value is -3.67. The molecule has 0 spiro atoms. The molecule has 1 atom stereocenters. The molecule has 180 valence electrons. The fourth-order valence-corrected chi connectivity index (χ4v) is 5.43. The molecule has 2 aliphatic rings. The Balaban J connectivity index is 1.42. The first-order valence-electron chi connectivity index (χ1n) is 12.5. The van der Waals surface area contributed by atoms with E-state index in [4.69, 9.17) is 0 Å². The summed E-state index contributed by atoms with van der Waals surface area (Å²) < 4.78 is 0. The van der Waals surface area contributed by atoms with Gasteiger partial charge in [0.2, 0.25) is 11.8 Å². The number of nitrogens with one attached hydrogen (secondary N) is 1. The van der Waals surface area contributed by atoms with E-state index in [1.807, 2.05) is 73.7 Å². The van der Waals surface area contributed by atoms with E-state index in [0.717, 1.165) is 47.7 Å². The van der Waals surface area contributed by atoms with Crippen molar-refractivity contribution < 1.29 is 14.4 Å². The van der Waals surface area contributed by atoms with Crippen molar-refractivity contribution in [2.24, 2.45) is 0 Å². The average Bonchev–Trinajstić information content (AvgIpc) is 3.48. The Labute approximate surface area is 205 Å². The molecule has 3 amide bonds. The van der Waals surface area contributed by atoms with Crippen LogP contribution >= 0.6 is 0 Å². The third-order valence-corrected chi connectivity index (χ3v) is 7.23. The lowest BCUT2D eigenvalue weighted by Gasteiger charge is -2.33. The number of benzene rings is 3. The van der Waals surface area contributed by atoms with Gasteiger partial charge in [0.15, 0.2) is 0 Å². The third kappa shape index (κ3) is 4.53. The molecule has 1 saturated carbocycles. The highest BCUT2D eigenvalue weighted by Crippen LogP contribution is 2.37. The molecular formula is C29H31N3O3. The fourth-order valence-electron chi connectivity index (χ4n) is 5.43. The number of rotatable bonds is 8. The van der Waals surface area contributed by atoms with Crippen LogP contribution in [0.1, 0.15) is 54.9 Å². The largest absolute Gasteiger partial charge is 0.352 e. The molecule has 0 radical (unpaired) electrons. The molecule has 0 aromatic heterocycles. The summed E-state index contributed by atoms with van der Waals surface area (Å²) in [6.07, 6.45) is 4.72. The Morgan fingerprint density at radius 2 is 1.71 bits per heavy atom. The first kappa shape index (κ1) is 23.1. The van der Waals surface area contributed by atoms with Gasteiger partial charge in [0.1, 0.15) is 12.6 Å². The maximum absolute atomic E-state index is 13.8. The van der Waals surface area contributed by atoms with Crippen LogP contribution in [0, 0.1) is 0 Å². The van der Waals surface area contributed by atoms with E-state index in [0.29, 0.717) is 18.5 Å². The number of hydrogen-bond donors (Lipinski definition) is 1. The fraction of sp³-hybridized carbons (Fsp3) is 0.345. The molecule has 3 aromatic carbocycles. The minimum absolute atomic E-state index is 0.104. The zero-order valence-corrected chi connectivity index (χ0v) is 20.1. The van der Waals surface area contributed by atoms with E-state index in [-0.39, 0.29) is 30.3 Å². The molecular weight excluding hydrogens is 438 g/mol. The monoisotopic (exact) mass is 469 g/mol. The van der Waals surface area contributed by atoms with E-state index in [1.165, 1.54) is 0 Å². The third-order valence-electron chi connectivity index (χ3n) is 7.23. The Morgan fingerprint density at radius 3 is 2.43 bits per heavy atom. The second-order valence-corrected chi connectivity index (χ2v) is 9.49. The SMILES string of the molecule is CC[C@@H](C(=O)NC1CCCC1)N(Cc1ccccc1)C(=O)CN1C(=O)c2cccc3cccc1c23. The van der Waals surface area contributed by atoms with E-state index in [9.17, 15) is 14.4 Å². The number of nitrogens with zero attached hydrogens (tertiary/aromatic N) is 2. The molecule has 1 N–H and O–H groups in total. The summed E-state index contributed by atoms with van der Waals surface area (Å²) in [5, 5.41) is 5.03. The summed E-state index contributed by atoms with van der Waals surface area (Å²) in [6, 6.07) is 20.7. The van der Waals surface area contributed by atoms with Gasteiger partial charge in [-0.05, 0) is 42.3 Å². The first-order chi connectivity index (χ1) is 17.1. The van der Waals surface area contributed by atoms with Crippen molar-refractivity contribution in [3.8, 4) is 0 Å². The molecule has 3 aromatic rings. The van der Waals surface area contributed by atoms with E-state index in [1.54, 1.807) is 9.80 Å². The van der Waals surface area contributed by atoms with E-state index < -0.39 is 6.04 Å². The van der Waals surface area contributed by atoms with Gasteiger partial charge in [0, 0.05) is 23.5 Å². The van der Waals surface area contributed by atoms with Crippen molar-refractivity contribution in [3.63, 3.8) is 0 Å². The molecule has 6 nitrogen and oxygen atoms in total. The Kier molecular flexibility index (Phi) is 6.53. The van der Waals surface area contributed by atoms with Gasteiger partial charge in [-0.3, -0.25) is 19.3 Å². The van der Waals surface area contributed by atoms with Crippen molar-refractivity contribution in [2.75, 3.05) is 11.4 Å². The van der Waals surface area contributed by atoms with Gasteiger partial charge in [-0.25, -0.2) is 0 Å². The Bertz CT molecular complexity index is 1250. The Morgan fingerprint density at radius 1 is 1.00 bits per heavy atom. The van der Waals surface area contributed by atoms with Gasteiger partial charge in [-0.15, -0.1) is 0 Å². The lowest BCUT2D eigenvalue weighted by atomic mass is 10.1. The van der Waals surface area contributed by atoms with E-state index in [2.05, 4.69) is 5.32 Å². The predicted octanol–water partition coefficient (Wildman–Crippen LogP) is 4.67. The average molecular weight is 470 g/mol. The van der Waals surface area contributed by atoms with Gasteiger partial charge < -0.3 is 10.2 Å². The standard InChI is InChI=1S/C29H31N3O3/c1-2-24(28(34)30-22-14-6-7-15-22)31(18-20-10-4-3-5-11-20)26(33)19-32-25-17-9-13-21-12-8-16-23(27(21)25)29(32)35/h3-5,8-13,16-17,22,24H,2,6-7,14-15,18-19H2,1H3,(H,30,34)/t24-/m0/s1. The highest BCUT2D eigenvalue weighted by molar-refractivity contribution is 6.26. The highest BCUT2D eigenvalue weighted by Gasteiger charge is 2.35. The number of amides is 3. The van der Waals surface area contributed by atoms with Gasteiger partial charge in [0.25, 0.3) is 5.91 Å². The topological polar surface area (TPSA) is 69.7 Å². The second kappa shape index (κ2) is 9.90. The maximum Gasteiger partial charge on any atom is 0.259 e. The lowest BCUT2D eigenvalue weighted by Crippen LogP contribution is -2.53. The predicted molar refractivity (Wildman–Crippen MR) is 137 cm³/mol. The number of carbonyl (C=O) groups is 3. The van der Waals surface area contributed by atoms with Crippen LogP contribution in [0.15, 0.2) is 66.7 Å². The summed E-state index contributed by atoms with van der Waals surface area (Å²) >= 11 is 0. The van der Waals surface area contributed by atoms with Crippen molar-refractivity contribution in [3.05, 3.63) is 77.9 Å². The summed E-state index contributed by atoms with van der Waals surface area (Å²) in [5.41, 5.74) is 2.32. The molecule has 1 aliphatic carbocycles. The lowest BCUT2D eigenvalue weighted by molar-refractivity contribution is -0.140. The zero-order valence-electron chi connectivity index (χ0n) is 20.1. The molecule has 1 heterocycles. The van der Waals surface area contributed by atoms with Crippen LogP contribution in [-0.4, -0.2) is 41.2 Å². The van der Waals surface area contributed by atoms with Crippen LogP contribution in [0.25, 0.3) is 10.8 Å². The van der Waals surface area contributed by atoms with Crippen LogP contribution in [0.3, 0.4) is 0 Å². The van der Waals surface area contributed by atoms with Crippen LogP contribution in [-0.2, 0) is 16.1 Å². The molecule has 0 bridgehead atoms. The number of hydrogen-bond acceptors (Lipinski definition) is 3. The molecule has 1 fully saturated rings. The molecule has 5 rings (SSSR count). The van der Waals surface area contributed by atoms with Gasteiger partial charge in [0.05, 0.1) is 5.69 Å². The molecule has 6 heteroatoms. The summed E-state index contributed by atoms with van der Waals surface area (Å²) in [6.45, 7) is 2.14. The smallest absolute Gasteiger partial charge is 0.259 e. The minimum Gasteiger partial charge on any atom is -0.352 e. The van der Waals surface area contributed by atoms with Crippen molar-refractivity contribution in [1.82, 2.24) is 10.2 Å². The van der Waals surface area contributed by atoms with Gasteiger partial charge in [-0.1, -0.05) is 74.4 Å². The highest BCUT2D eigenvalue weighted by atomic mass is 16.2. The molecule has 1 aliphatic heterocycles. The van der Waals surface area contributed by atoms with Crippen molar-refractivity contribution in [1.29, 1.82) is 0 Å². The zero-order chi connectivity index (χ0) is 24.4. The quantitative estimate of drug-likeness (QED) is 0.521.